The van der Waals surface area contributed by atoms with E-state index in [4.69, 9.17) is 0 Å². The van der Waals surface area contributed by atoms with Crippen LogP contribution in [0.25, 0.3) is 5.69 Å². The quantitative estimate of drug-likeness (QED) is 0.912. The number of nitrogens with zero attached hydrogens (tertiary/aromatic N) is 3. The van der Waals surface area contributed by atoms with Crippen molar-refractivity contribution in [3.8, 4) is 5.69 Å². The summed E-state index contributed by atoms with van der Waals surface area (Å²) >= 11 is 0. The van der Waals surface area contributed by atoms with E-state index in [9.17, 15) is 13.6 Å². The molecule has 1 amide bonds. The van der Waals surface area contributed by atoms with Gasteiger partial charge in [0.25, 0.3) is 5.92 Å². The Morgan fingerprint density at radius 3 is 2.79 bits per heavy atom. The molecule has 1 saturated heterocycles. The fourth-order valence-corrected chi connectivity index (χ4v) is 3.42. The predicted molar refractivity (Wildman–Crippen MR) is 84.0 cm³/mol. The number of halogens is 2. The van der Waals surface area contributed by atoms with Crippen molar-refractivity contribution >= 4 is 5.91 Å². The van der Waals surface area contributed by atoms with Gasteiger partial charge in [-0.15, -0.1) is 0 Å². The van der Waals surface area contributed by atoms with E-state index in [0.29, 0.717) is 19.5 Å². The minimum Gasteiger partial charge on any atom is -0.336 e. The molecule has 126 valence electrons. The molecule has 2 aliphatic rings. The minimum atomic E-state index is -2.79. The zero-order valence-electron chi connectivity index (χ0n) is 13.1. The van der Waals surface area contributed by atoms with Crippen LogP contribution in [0.1, 0.15) is 17.7 Å². The second-order valence-electron chi connectivity index (χ2n) is 6.37. The van der Waals surface area contributed by atoms with Crippen molar-refractivity contribution in [2.75, 3.05) is 13.1 Å². The summed E-state index contributed by atoms with van der Waals surface area (Å²) in [5, 5.41) is 7.06. The van der Waals surface area contributed by atoms with E-state index in [1.54, 1.807) is 11.1 Å². The Balaban J connectivity index is 1.51. The first kappa shape index (κ1) is 15.3. The summed E-state index contributed by atoms with van der Waals surface area (Å²) in [6.07, 6.45) is 2.01. The van der Waals surface area contributed by atoms with E-state index in [2.05, 4.69) is 10.4 Å². The molecule has 24 heavy (non-hydrogen) atoms. The average molecular weight is 332 g/mol. The number of hydrogen-bond acceptors (Lipinski definition) is 3. The summed E-state index contributed by atoms with van der Waals surface area (Å²) in [5.74, 6) is -3.04. The summed E-state index contributed by atoms with van der Waals surface area (Å²) < 4.78 is 28.5. The molecule has 7 heteroatoms. The van der Waals surface area contributed by atoms with Crippen LogP contribution in [-0.4, -0.2) is 45.6 Å². The van der Waals surface area contributed by atoms with Gasteiger partial charge in [0.1, 0.15) is 0 Å². The van der Waals surface area contributed by atoms with Gasteiger partial charge >= 0.3 is 0 Å². The number of para-hydroxylation sites is 1. The number of carbonyl (C=O) groups excluding carboxylic acids is 1. The maximum absolute atomic E-state index is 13.3. The third kappa shape index (κ3) is 2.69. The highest BCUT2D eigenvalue weighted by molar-refractivity contribution is 5.82. The van der Waals surface area contributed by atoms with Gasteiger partial charge in [-0.1, -0.05) is 18.2 Å². The van der Waals surface area contributed by atoms with Crippen LogP contribution < -0.4 is 5.32 Å². The fourth-order valence-electron chi connectivity index (χ4n) is 3.42. The number of carbonyl (C=O) groups is 1. The molecule has 5 nitrogen and oxygen atoms in total. The van der Waals surface area contributed by atoms with Crippen LogP contribution in [0, 0.1) is 0 Å². The maximum atomic E-state index is 13.3. The molecular weight excluding hydrogens is 314 g/mol. The van der Waals surface area contributed by atoms with Gasteiger partial charge < -0.3 is 4.90 Å². The third-order valence-electron chi connectivity index (χ3n) is 4.66. The summed E-state index contributed by atoms with van der Waals surface area (Å²) in [6, 6.07) is 9.03. The van der Waals surface area contributed by atoms with E-state index in [0.717, 1.165) is 16.9 Å². The van der Waals surface area contributed by atoms with Gasteiger partial charge in [-0.3, -0.25) is 10.1 Å². The Morgan fingerprint density at radius 1 is 1.29 bits per heavy atom. The van der Waals surface area contributed by atoms with Crippen LogP contribution in [-0.2, 0) is 17.8 Å². The highest BCUT2D eigenvalue weighted by atomic mass is 19.3. The second kappa shape index (κ2) is 5.66. The molecule has 3 heterocycles. The number of aromatic nitrogens is 2. The highest BCUT2D eigenvalue weighted by Gasteiger charge is 2.44. The van der Waals surface area contributed by atoms with Crippen LogP contribution in [0.4, 0.5) is 8.78 Å². The smallest absolute Gasteiger partial charge is 0.262 e. The van der Waals surface area contributed by atoms with Gasteiger partial charge in [0, 0.05) is 31.5 Å². The molecule has 1 aromatic heterocycles. The zero-order chi connectivity index (χ0) is 16.7. The summed E-state index contributed by atoms with van der Waals surface area (Å²) in [7, 11) is 0. The van der Waals surface area contributed by atoms with Gasteiger partial charge in [-0.2, -0.15) is 5.10 Å². The molecule has 0 saturated carbocycles. The first-order valence-electron chi connectivity index (χ1n) is 8.05. The molecule has 1 unspecified atom stereocenters. The molecule has 2 aromatic rings. The summed E-state index contributed by atoms with van der Waals surface area (Å²) in [6.45, 7) is 0.521. The van der Waals surface area contributed by atoms with Crippen LogP contribution in [0.3, 0.4) is 0 Å². The average Bonchev–Trinajstić information content (AvgIpc) is 3.17. The molecule has 1 aromatic carbocycles. The standard InChI is InChI=1S/C17H18F2N4O/c18-17(19)8-14(20-11-17)16(24)22-7-6-15-12(10-22)9-21-23(15)13-4-2-1-3-5-13/h1-5,9,14,20H,6-8,10-11H2. The van der Waals surface area contributed by atoms with E-state index in [1.807, 2.05) is 35.0 Å². The molecule has 0 spiro atoms. The minimum absolute atomic E-state index is 0.245. The molecule has 1 atom stereocenters. The number of alkyl halides is 2. The van der Waals surface area contributed by atoms with Crippen molar-refractivity contribution in [1.82, 2.24) is 20.0 Å². The van der Waals surface area contributed by atoms with Crippen LogP contribution in [0.2, 0.25) is 0 Å². The Morgan fingerprint density at radius 2 is 2.08 bits per heavy atom. The van der Waals surface area contributed by atoms with E-state index in [1.165, 1.54) is 0 Å². The van der Waals surface area contributed by atoms with Crippen LogP contribution in [0.5, 0.6) is 0 Å². The predicted octanol–water partition coefficient (Wildman–Crippen LogP) is 1.75. The topological polar surface area (TPSA) is 50.2 Å². The molecule has 2 aliphatic heterocycles. The maximum Gasteiger partial charge on any atom is 0.262 e. The van der Waals surface area contributed by atoms with E-state index >= 15 is 0 Å². The summed E-state index contributed by atoms with van der Waals surface area (Å²) in [4.78, 5) is 14.1. The fraction of sp³-hybridized carbons (Fsp3) is 0.412. The SMILES string of the molecule is O=C(C1CC(F)(F)CN1)N1CCc2c(cnn2-c2ccccc2)C1. The normalized spacial score (nSPS) is 22.4. The van der Waals surface area contributed by atoms with Gasteiger partial charge in [0.15, 0.2) is 0 Å². The number of amides is 1. The van der Waals surface area contributed by atoms with Crippen LogP contribution in [0.15, 0.2) is 36.5 Å². The Kier molecular flexibility index (Phi) is 3.60. The Labute approximate surface area is 138 Å². The van der Waals surface area contributed by atoms with E-state index < -0.39 is 24.9 Å². The molecule has 0 aliphatic carbocycles. The molecule has 0 radical (unpaired) electrons. The Bertz CT molecular complexity index is 759. The molecular formula is C17H18F2N4O. The lowest BCUT2D eigenvalue weighted by molar-refractivity contribution is -0.134. The number of fused-ring (bicyclic) bond motifs is 1. The van der Waals surface area contributed by atoms with Crippen molar-refractivity contribution in [3.05, 3.63) is 47.8 Å². The number of rotatable bonds is 2. The van der Waals surface area contributed by atoms with Gasteiger partial charge in [-0.25, -0.2) is 13.5 Å². The highest BCUT2D eigenvalue weighted by Crippen LogP contribution is 2.28. The number of hydrogen-bond donors (Lipinski definition) is 1. The summed E-state index contributed by atoms with van der Waals surface area (Å²) in [5.41, 5.74) is 3.04. The molecule has 1 N–H and O–H groups in total. The molecule has 1 fully saturated rings. The third-order valence-corrected chi connectivity index (χ3v) is 4.66. The second-order valence-corrected chi connectivity index (χ2v) is 6.37. The van der Waals surface area contributed by atoms with Crippen molar-refractivity contribution in [2.24, 2.45) is 0 Å². The zero-order valence-corrected chi connectivity index (χ0v) is 13.1. The Hall–Kier alpha value is -2.28. The van der Waals surface area contributed by atoms with Gasteiger partial charge in [0.2, 0.25) is 5.91 Å². The van der Waals surface area contributed by atoms with Crippen LogP contribution >= 0.6 is 0 Å². The first-order valence-corrected chi connectivity index (χ1v) is 8.05. The lowest BCUT2D eigenvalue weighted by Gasteiger charge is -2.29. The first-order chi connectivity index (χ1) is 11.5. The number of nitrogens with one attached hydrogen (secondary N) is 1. The van der Waals surface area contributed by atoms with Gasteiger partial charge in [-0.05, 0) is 12.1 Å². The number of benzene rings is 1. The van der Waals surface area contributed by atoms with Crippen molar-refractivity contribution in [3.63, 3.8) is 0 Å². The monoisotopic (exact) mass is 332 g/mol. The largest absolute Gasteiger partial charge is 0.336 e. The van der Waals surface area contributed by atoms with E-state index in [-0.39, 0.29) is 5.91 Å². The lowest BCUT2D eigenvalue weighted by Crippen LogP contribution is -2.45. The van der Waals surface area contributed by atoms with Gasteiger partial charge in [0.05, 0.1) is 30.2 Å². The van der Waals surface area contributed by atoms with Crippen molar-refractivity contribution < 1.29 is 13.6 Å². The molecule has 4 rings (SSSR count). The van der Waals surface area contributed by atoms with Crippen molar-refractivity contribution in [1.29, 1.82) is 0 Å². The lowest BCUT2D eigenvalue weighted by atomic mass is 10.1. The van der Waals surface area contributed by atoms with Crippen molar-refractivity contribution in [2.45, 2.75) is 31.4 Å². The molecule has 0 bridgehead atoms.